The number of morpholine rings is 1. The molecular weight excluding hydrogens is 419 g/mol. The number of alkyl halides is 2. The number of carboxylic acids is 1. The summed E-state index contributed by atoms with van der Waals surface area (Å²) in [5.74, 6) is -2.85. The standard InChI is InChI=1S/C20H20F3N3O5/c21-12-5-10-15(26(9-1-2-9)6-11(17(10)27)19(28)29)18(31-20(22)23)16(12)25-7-13-14(8-25)30-4-3-24-13/h5-6,9,13-14,20,24H,1-4,7-8H2,(H,28,29)/t13-,14+/m1/s1. The molecule has 1 aromatic heterocycles. The van der Waals surface area contributed by atoms with Crippen molar-refractivity contribution in [1.82, 2.24) is 9.88 Å². The molecule has 31 heavy (non-hydrogen) atoms. The van der Waals surface area contributed by atoms with E-state index in [1.807, 2.05) is 0 Å². The van der Waals surface area contributed by atoms with Crippen molar-refractivity contribution >= 4 is 22.6 Å². The van der Waals surface area contributed by atoms with E-state index in [9.17, 15) is 23.5 Å². The first-order valence-electron chi connectivity index (χ1n) is 10.0. The number of hydrogen-bond acceptors (Lipinski definition) is 6. The lowest BCUT2D eigenvalue weighted by molar-refractivity contribution is -0.0488. The van der Waals surface area contributed by atoms with E-state index in [0.717, 1.165) is 12.3 Å². The van der Waals surface area contributed by atoms with E-state index in [-0.39, 0.29) is 41.3 Å². The first-order valence-corrected chi connectivity index (χ1v) is 10.0. The normalized spacial score (nSPS) is 23.4. The molecule has 1 saturated carbocycles. The van der Waals surface area contributed by atoms with Gasteiger partial charge in [-0.25, -0.2) is 9.18 Å². The molecule has 2 saturated heterocycles. The largest absolute Gasteiger partial charge is 0.477 e. The highest BCUT2D eigenvalue weighted by Gasteiger charge is 2.39. The Labute approximate surface area is 174 Å². The Hall–Kier alpha value is -2.79. The number of pyridine rings is 1. The van der Waals surface area contributed by atoms with Crippen LogP contribution >= 0.6 is 0 Å². The number of anilines is 1. The molecule has 3 fully saturated rings. The zero-order valence-corrected chi connectivity index (χ0v) is 16.3. The molecule has 0 bridgehead atoms. The number of halogens is 3. The number of fused-ring (bicyclic) bond motifs is 2. The molecule has 2 N–H and O–H groups in total. The van der Waals surface area contributed by atoms with Crippen LogP contribution in [0.15, 0.2) is 17.1 Å². The van der Waals surface area contributed by atoms with Gasteiger partial charge in [0.15, 0.2) is 11.6 Å². The Morgan fingerprint density at radius 2 is 2.10 bits per heavy atom. The van der Waals surface area contributed by atoms with Crippen LogP contribution in [0.1, 0.15) is 29.2 Å². The second kappa shape index (κ2) is 7.41. The Morgan fingerprint density at radius 1 is 1.32 bits per heavy atom. The van der Waals surface area contributed by atoms with Gasteiger partial charge in [-0.1, -0.05) is 0 Å². The fourth-order valence-electron chi connectivity index (χ4n) is 4.51. The number of hydrogen-bond donors (Lipinski definition) is 2. The molecule has 11 heteroatoms. The zero-order valence-electron chi connectivity index (χ0n) is 16.3. The smallest absolute Gasteiger partial charge is 0.387 e. The predicted octanol–water partition coefficient (Wildman–Crippen LogP) is 1.95. The van der Waals surface area contributed by atoms with E-state index in [1.54, 1.807) is 4.90 Å². The summed E-state index contributed by atoms with van der Waals surface area (Å²) >= 11 is 0. The van der Waals surface area contributed by atoms with Gasteiger partial charge in [-0.05, 0) is 18.9 Å². The maximum Gasteiger partial charge on any atom is 0.387 e. The monoisotopic (exact) mass is 439 g/mol. The molecule has 1 aromatic carbocycles. The van der Waals surface area contributed by atoms with E-state index >= 15 is 4.39 Å². The molecule has 8 nitrogen and oxygen atoms in total. The fraction of sp³-hybridized carbons (Fsp3) is 0.500. The highest BCUT2D eigenvalue weighted by Crippen LogP contribution is 2.45. The zero-order chi connectivity index (χ0) is 21.9. The van der Waals surface area contributed by atoms with Gasteiger partial charge in [0.1, 0.15) is 11.3 Å². The minimum Gasteiger partial charge on any atom is -0.477 e. The van der Waals surface area contributed by atoms with Crippen LogP contribution in [-0.4, -0.2) is 60.6 Å². The molecule has 0 radical (unpaired) electrons. The number of carboxylic acid groups (broad SMARTS) is 1. The summed E-state index contributed by atoms with van der Waals surface area (Å²) in [5.41, 5.74) is -1.68. The van der Waals surface area contributed by atoms with Crippen molar-refractivity contribution < 1.29 is 32.5 Å². The van der Waals surface area contributed by atoms with Crippen molar-refractivity contribution in [3.8, 4) is 5.75 Å². The average molecular weight is 439 g/mol. The lowest BCUT2D eigenvalue weighted by Gasteiger charge is -2.25. The third kappa shape index (κ3) is 3.41. The molecule has 0 unspecified atom stereocenters. The third-order valence-electron chi connectivity index (χ3n) is 6.00. The summed E-state index contributed by atoms with van der Waals surface area (Å²) in [4.78, 5) is 25.9. The Morgan fingerprint density at radius 3 is 2.74 bits per heavy atom. The Kier molecular flexibility index (Phi) is 4.82. The van der Waals surface area contributed by atoms with Crippen LogP contribution in [0.25, 0.3) is 10.9 Å². The van der Waals surface area contributed by atoms with Gasteiger partial charge in [0.2, 0.25) is 5.43 Å². The molecule has 0 amide bonds. The number of carbonyl (C=O) groups is 1. The molecule has 3 aliphatic rings. The maximum absolute atomic E-state index is 15.3. The summed E-state index contributed by atoms with van der Waals surface area (Å²) in [6, 6.07) is 0.654. The topological polar surface area (TPSA) is 93.0 Å². The van der Waals surface area contributed by atoms with Crippen molar-refractivity contribution in [1.29, 1.82) is 0 Å². The number of aromatic carboxylic acids is 1. The van der Waals surface area contributed by atoms with Gasteiger partial charge in [0.05, 0.1) is 29.7 Å². The number of nitrogens with one attached hydrogen (secondary N) is 1. The highest BCUT2D eigenvalue weighted by molar-refractivity contribution is 5.97. The van der Waals surface area contributed by atoms with Crippen LogP contribution in [0.3, 0.4) is 0 Å². The highest BCUT2D eigenvalue weighted by atomic mass is 19.3. The SMILES string of the molecule is O=C(O)c1cn(C2CC2)c2c(OC(F)F)c(N3C[C@@H]4OCCN[C@@H]4C3)c(F)cc2c1=O. The molecular formula is C20H20F3N3O5. The number of ether oxygens (including phenoxy) is 2. The van der Waals surface area contributed by atoms with Gasteiger partial charge in [0, 0.05) is 31.9 Å². The number of benzene rings is 1. The second-order valence-corrected chi connectivity index (χ2v) is 8.00. The van der Waals surface area contributed by atoms with Gasteiger partial charge in [-0.15, -0.1) is 0 Å². The summed E-state index contributed by atoms with van der Waals surface area (Å²) in [6.45, 7) is -1.55. The predicted molar refractivity (Wildman–Crippen MR) is 104 cm³/mol. The van der Waals surface area contributed by atoms with E-state index in [2.05, 4.69) is 5.32 Å². The van der Waals surface area contributed by atoms with Crippen LogP contribution in [0.5, 0.6) is 5.75 Å². The van der Waals surface area contributed by atoms with Gasteiger partial charge in [0.25, 0.3) is 0 Å². The molecule has 2 aliphatic heterocycles. The van der Waals surface area contributed by atoms with E-state index in [0.29, 0.717) is 32.5 Å². The van der Waals surface area contributed by atoms with Gasteiger partial charge in [-0.3, -0.25) is 4.79 Å². The van der Waals surface area contributed by atoms with Gasteiger partial charge in [-0.2, -0.15) is 8.78 Å². The average Bonchev–Trinajstić information content (AvgIpc) is 3.46. The Bertz CT molecular complexity index is 1100. The van der Waals surface area contributed by atoms with Crippen molar-refractivity contribution in [3.63, 3.8) is 0 Å². The summed E-state index contributed by atoms with van der Waals surface area (Å²) in [5, 5.41) is 12.4. The van der Waals surface area contributed by atoms with E-state index in [4.69, 9.17) is 9.47 Å². The van der Waals surface area contributed by atoms with Crippen molar-refractivity contribution in [2.24, 2.45) is 0 Å². The van der Waals surface area contributed by atoms with Gasteiger partial charge < -0.3 is 29.4 Å². The van der Waals surface area contributed by atoms with Crippen LogP contribution < -0.4 is 20.4 Å². The van der Waals surface area contributed by atoms with Crippen molar-refractivity contribution in [3.05, 3.63) is 33.9 Å². The maximum atomic E-state index is 15.3. The molecule has 5 rings (SSSR count). The van der Waals surface area contributed by atoms with E-state index < -0.39 is 35.1 Å². The molecule has 1 aliphatic carbocycles. The van der Waals surface area contributed by atoms with Crippen LogP contribution in [0, 0.1) is 5.82 Å². The summed E-state index contributed by atoms with van der Waals surface area (Å²) in [6.07, 6.45) is 2.27. The lowest BCUT2D eigenvalue weighted by Crippen LogP contribution is -2.47. The first-order chi connectivity index (χ1) is 14.8. The number of aromatic nitrogens is 1. The minimum absolute atomic E-state index is 0.0158. The lowest BCUT2D eigenvalue weighted by atomic mass is 10.1. The van der Waals surface area contributed by atoms with Gasteiger partial charge >= 0.3 is 12.6 Å². The summed E-state index contributed by atoms with van der Waals surface area (Å²) in [7, 11) is 0. The quantitative estimate of drug-likeness (QED) is 0.736. The van der Waals surface area contributed by atoms with Crippen molar-refractivity contribution in [2.45, 2.75) is 37.6 Å². The van der Waals surface area contributed by atoms with Crippen molar-refractivity contribution in [2.75, 3.05) is 31.1 Å². The van der Waals surface area contributed by atoms with E-state index in [1.165, 1.54) is 4.57 Å². The molecule has 2 aromatic rings. The number of nitrogens with zero attached hydrogens (tertiary/aromatic N) is 2. The van der Waals surface area contributed by atoms with Crippen LogP contribution in [-0.2, 0) is 4.74 Å². The molecule has 3 heterocycles. The first kappa shape index (κ1) is 20.1. The van der Waals surface area contributed by atoms with Crippen LogP contribution in [0.2, 0.25) is 0 Å². The second-order valence-electron chi connectivity index (χ2n) is 8.00. The fourth-order valence-corrected chi connectivity index (χ4v) is 4.51. The van der Waals surface area contributed by atoms with Crippen LogP contribution in [0.4, 0.5) is 18.9 Å². The Balaban J connectivity index is 1.75. The molecule has 0 spiro atoms. The summed E-state index contributed by atoms with van der Waals surface area (Å²) < 4.78 is 54.1. The number of rotatable bonds is 5. The third-order valence-corrected chi connectivity index (χ3v) is 6.00. The molecule has 166 valence electrons. The minimum atomic E-state index is -3.26. The molecule has 2 atom stereocenters.